The largest absolute Gasteiger partial charge is 0.298 e. The third-order valence-electron chi connectivity index (χ3n) is 3.18. The number of rotatable bonds is 4. The molecular weight excluding hydrogens is 363 g/mol. The molecule has 0 atom stereocenters. The molecule has 1 amide bonds. The predicted octanol–water partition coefficient (Wildman–Crippen LogP) is 5.77. The van der Waals surface area contributed by atoms with Crippen LogP contribution in [0, 0.1) is 0 Å². The van der Waals surface area contributed by atoms with Gasteiger partial charge in [-0.15, -0.1) is 11.3 Å². The maximum absolute atomic E-state index is 12.0. The van der Waals surface area contributed by atoms with Crippen LogP contribution in [0.5, 0.6) is 0 Å². The number of hydrogen-bond acceptors (Lipinski definition) is 3. The zero-order valence-corrected chi connectivity index (χ0v) is 14.7. The van der Waals surface area contributed by atoms with E-state index in [9.17, 15) is 4.79 Å². The summed E-state index contributed by atoms with van der Waals surface area (Å²) in [6, 6.07) is 14.9. The van der Waals surface area contributed by atoms with Crippen LogP contribution in [0.3, 0.4) is 0 Å². The minimum atomic E-state index is -0.269. The Morgan fingerprint density at radius 2 is 1.92 bits per heavy atom. The van der Waals surface area contributed by atoms with Gasteiger partial charge in [-0.1, -0.05) is 59.6 Å². The van der Waals surface area contributed by atoms with Crippen LogP contribution < -0.4 is 5.32 Å². The third kappa shape index (κ3) is 4.23. The molecule has 3 aromatic rings. The number of amides is 1. The van der Waals surface area contributed by atoms with Gasteiger partial charge in [0, 0.05) is 27.1 Å². The number of nitrogens with zero attached hydrogens (tertiary/aromatic N) is 1. The number of benzene rings is 2. The van der Waals surface area contributed by atoms with Gasteiger partial charge in [0.2, 0.25) is 5.91 Å². The number of anilines is 1. The van der Waals surface area contributed by atoms with Crippen LogP contribution in [0.2, 0.25) is 10.0 Å². The molecular formula is C18H12Cl2N2OS. The molecule has 0 radical (unpaired) electrons. The predicted molar refractivity (Wildman–Crippen MR) is 102 cm³/mol. The quantitative estimate of drug-likeness (QED) is 0.589. The van der Waals surface area contributed by atoms with Gasteiger partial charge in [-0.05, 0) is 23.8 Å². The third-order valence-corrected chi connectivity index (χ3v) is 4.50. The Bertz CT molecular complexity index is 891. The summed E-state index contributed by atoms with van der Waals surface area (Å²) in [4.78, 5) is 16.4. The standard InChI is InChI=1S/C18H12Cl2N2OS/c19-14-8-6-12(15(20)10-14)7-9-17(23)22-18-21-16(11-24-18)13-4-2-1-3-5-13/h1-11H,(H,21,22,23). The van der Waals surface area contributed by atoms with Crippen molar-refractivity contribution in [3.05, 3.63) is 75.6 Å². The molecule has 120 valence electrons. The van der Waals surface area contributed by atoms with Crippen molar-refractivity contribution in [3.63, 3.8) is 0 Å². The lowest BCUT2D eigenvalue weighted by molar-refractivity contribution is -0.111. The van der Waals surface area contributed by atoms with Crippen LogP contribution in [-0.2, 0) is 4.79 Å². The minimum absolute atomic E-state index is 0.269. The SMILES string of the molecule is O=C(C=Cc1ccc(Cl)cc1Cl)Nc1nc(-c2ccccc2)cs1. The molecule has 1 aromatic heterocycles. The van der Waals surface area contributed by atoms with E-state index in [4.69, 9.17) is 23.2 Å². The summed E-state index contributed by atoms with van der Waals surface area (Å²) in [5.74, 6) is -0.269. The van der Waals surface area contributed by atoms with Crippen LogP contribution in [0.4, 0.5) is 5.13 Å². The zero-order chi connectivity index (χ0) is 16.9. The maximum Gasteiger partial charge on any atom is 0.250 e. The minimum Gasteiger partial charge on any atom is -0.298 e. The molecule has 0 saturated carbocycles. The Morgan fingerprint density at radius 1 is 1.12 bits per heavy atom. The summed E-state index contributed by atoms with van der Waals surface area (Å²) in [7, 11) is 0. The highest BCUT2D eigenvalue weighted by molar-refractivity contribution is 7.14. The van der Waals surface area contributed by atoms with Gasteiger partial charge in [0.05, 0.1) is 5.69 Å². The highest BCUT2D eigenvalue weighted by Crippen LogP contribution is 2.25. The van der Waals surface area contributed by atoms with Crippen molar-refractivity contribution in [1.29, 1.82) is 0 Å². The van der Waals surface area contributed by atoms with Crippen LogP contribution in [0.25, 0.3) is 17.3 Å². The molecule has 0 bridgehead atoms. The molecule has 6 heteroatoms. The Labute approximate surface area is 153 Å². The highest BCUT2D eigenvalue weighted by atomic mass is 35.5. The summed E-state index contributed by atoms with van der Waals surface area (Å²) in [5.41, 5.74) is 2.57. The Hall–Kier alpha value is -2.14. The summed E-state index contributed by atoms with van der Waals surface area (Å²) in [6.45, 7) is 0. The summed E-state index contributed by atoms with van der Waals surface area (Å²) < 4.78 is 0. The average molecular weight is 375 g/mol. The van der Waals surface area contributed by atoms with E-state index in [0.717, 1.165) is 16.8 Å². The topological polar surface area (TPSA) is 42.0 Å². The van der Waals surface area contributed by atoms with Gasteiger partial charge in [0.15, 0.2) is 5.13 Å². The fraction of sp³-hybridized carbons (Fsp3) is 0. The monoisotopic (exact) mass is 374 g/mol. The van der Waals surface area contributed by atoms with E-state index >= 15 is 0 Å². The molecule has 0 aliphatic carbocycles. The molecule has 0 fully saturated rings. The van der Waals surface area contributed by atoms with Crippen molar-refractivity contribution >= 4 is 51.7 Å². The van der Waals surface area contributed by atoms with Crippen molar-refractivity contribution in [2.75, 3.05) is 5.32 Å². The molecule has 3 nitrogen and oxygen atoms in total. The highest BCUT2D eigenvalue weighted by Gasteiger charge is 2.06. The van der Waals surface area contributed by atoms with Crippen molar-refractivity contribution in [2.45, 2.75) is 0 Å². The Kier molecular flexibility index (Phi) is 5.30. The smallest absolute Gasteiger partial charge is 0.250 e. The van der Waals surface area contributed by atoms with E-state index in [1.165, 1.54) is 17.4 Å². The molecule has 1 heterocycles. The normalized spacial score (nSPS) is 10.9. The van der Waals surface area contributed by atoms with Gasteiger partial charge < -0.3 is 0 Å². The van der Waals surface area contributed by atoms with Gasteiger partial charge in [-0.2, -0.15) is 0 Å². The number of aromatic nitrogens is 1. The first kappa shape index (κ1) is 16.7. The molecule has 0 unspecified atom stereocenters. The first-order chi connectivity index (χ1) is 11.6. The number of carbonyl (C=O) groups is 1. The fourth-order valence-corrected chi connectivity index (χ4v) is 3.22. The molecule has 3 rings (SSSR count). The summed E-state index contributed by atoms with van der Waals surface area (Å²) >= 11 is 13.3. The zero-order valence-electron chi connectivity index (χ0n) is 12.4. The fourth-order valence-electron chi connectivity index (χ4n) is 2.02. The van der Waals surface area contributed by atoms with Crippen LogP contribution in [0.1, 0.15) is 5.56 Å². The van der Waals surface area contributed by atoms with E-state index in [0.29, 0.717) is 15.2 Å². The van der Waals surface area contributed by atoms with Crippen LogP contribution in [0.15, 0.2) is 60.0 Å². The van der Waals surface area contributed by atoms with Crippen molar-refractivity contribution in [3.8, 4) is 11.3 Å². The Morgan fingerprint density at radius 3 is 2.67 bits per heavy atom. The van der Waals surface area contributed by atoms with E-state index in [-0.39, 0.29) is 5.91 Å². The van der Waals surface area contributed by atoms with E-state index in [2.05, 4.69) is 10.3 Å². The maximum atomic E-state index is 12.0. The second-order valence-electron chi connectivity index (χ2n) is 4.89. The molecule has 0 aliphatic heterocycles. The van der Waals surface area contributed by atoms with E-state index in [1.54, 1.807) is 24.3 Å². The van der Waals surface area contributed by atoms with Gasteiger partial charge >= 0.3 is 0 Å². The van der Waals surface area contributed by atoms with Gasteiger partial charge in [-0.3, -0.25) is 10.1 Å². The van der Waals surface area contributed by atoms with Gasteiger partial charge in [0.25, 0.3) is 0 Å². The van der Waals surface area contributed by atoms with Crippen LogP contribution in [-0.4, -0.2) is 10.9 Å². The molecule has 0 aliphatic rings. The second-order valence-corrected chi connectivity index (χ2v) is 6.59. The lowest BCUT2D eigenvalue weighted by Gasteiger charge is -1.99. The summed E-state index contributed by atoms with van der Waals surface area (Å²) in [6.07, 6.45) is 3.05. The van der Waals surface area contributed by atoms with Gasteiger partial charge in [-0.25, -0.2) is 4.98 Å². The average Bonchev–Trinajstić information content (AvgIpc) is 3.03. The Balaban J connectivity index is 1.67. The lowest BCUT2D eigenvalue weighted by atomic mass is 10.2. The molecule has 1 N–H and O–H groups in total. The van der Waals surface area contributed by atoms with E-state index in [1.807, 2.05) is 35.7 Å². The molecule has 0 saturated heterocycles. The number of thiazole rings is 1. The first-order valence-electron chi connectivity index (χ1n) is 7.07. The number of nitrogens with one attached hydrogen (secondary N) is 1. The number of halogens is 2. The molecule has 0 spiro atoms. The lowest BCUT2D eigenvalue weighted by Crippen LogP contribution is -2.07. The van der Waals surface area contributed by atoms with Gasteiger partial charge in [0.1, 0.15) is 0 Å². The number of carbonyl (C=O) groups excluding carboxylic acids is 1. The molecule has 24 heavy (non-hydrogen) atoms. The second kappa shape index (κ2) is 7.62. The number of hydrogen-bond donors (Lipinski definition) is 1. The van der Waals surface area contributed by atoms with Crippen molar-refractivity contribution in [1.82, 2.24) is 4.98 Å². The van der Waals surface area contributed by atoms with Crippen molar-refractivity contribution < 1.29 is 4.79 Å². The van der Waals surface area contributed by atoms with Crippen molar-refractivity contribution in [2.24, 2.45) is 0 Å². The first-order valence-corrected chi connectivity index (χ1v) is 8.70. The summed E-state index contributed by atoms with van der Waals surface area (Å²) in [5, 5.41) is 6.25. The van der Waals surface area contributed by atoms with Crippen LogP contribution >= 0.6 is 34.5 Å². The van der Waals surface area contributed by atoms with E-state index < -0.39 is 0 Å². The molecule has 2 aromatic carbocycles.